The number of ether oxygens (including phenoxy) is 1. The highest BCUT2D eigenvalue weighted by Gasteiger charge is 2.57. The number of carbonyl (C=O) groups excluding carboxylic acids is 4. The summed E-state index contributed by atoms with van der Waals surface area (Å²) < 4.78 is 5.36. The summed E-state index contributed by atoms with van der Waals surface area (Å²) in [6.07, 6.45) is 1.68. The highest BCUT2D eigenvalue weighted by Crippen LogP contribution is 2.45. The van der Waals surface area contributed by atoms with Gasteiger partial charge in [0.25, 0.3) is 5.91 Å². The number of tetrazole rings is 1. The minimum Gasteiger partial charge on any atom is -0.465 e. The first-order valence-corrected chi connectivity index (χ1v) is 20.1. The molecular formula is C43H51N9O7. The number of benzene rings is 3. The van der Waals surface area contributed by atoms with Crippen LogP contribution in [0.5, 0.6) is 0 Å². The minimum atomic E-state index is -0.920. The number of likely N-dealkylation sites (tertiary alicyclic amines) is 1. The average Bonchev–Trinajstić information content (AvgIpc) is 3.57. The van der Waals surface area contributed by atoms with Crippen LogP contribution in [0.25, 0.3) is 22.5 Å². The van der Waals surface area contributed by atoms with Crippen LogP contribution in [0.1, 0.15) is 67.9 Å². The van der Waals surface area contributed by atoms with Gasteiger partial charge in [-0.2, -0.15) is 5.21 Å². The molecule has 2 heterocycles. The van der Waals surface area contributed by atoms with Crippen molar-refractivity contribution in [2.75, 3.05) is 25.0 Å². The van der Waals surface area contributed by atoms with E-state index >= 15 is 0 Å². The third-order valence-corrected chi connectivity index (χ3v) is 11.5. The first-order chi connectivity index (χ1) is 28.2. The number of fused-ring (bicyclic) bond motifs is 1. The SMILES string of the molecule is Cc1cc(C(=O)NC2C3CN(C(=O)O)CC32)ccc1-c1ccc(C[C@H](NC(=O)C2CCC(CNC(=O)OC(C)(C)C)CC2)C(=O)Nc2ccc(-c3nn[nH]n3)cc2)cc1. The number of aromatic nitrogens is 4. The van der Waals surface area contributed by atoms with Gasteiger partial charge in [-0.25, -0.2) is 9.59 Å². The molecule has 2 unspecified atom stereocenters. The highest BCUT2D eigenvalue weighted by molar-refractivity contribution is 5.98. The molecule has 59 heavy (non-hydrogen) atoms. The van der Waals surface area contributed by atoms with Crippen LogP contribution in [-0.2, 0) is 20.7 Å². The summed E-state index contributed by atoms with van der Waals surface area (Å²) in [4.78, 5) is 65.4. The molecule has 6 N–H and O–H groups in total. The molecule has 7 rings (SSSR count). The first-order valence-electron chi connectivity index (χ1n) is 20.1. The fourth-order valence-corrected chi connectivity index (χ4v) is 8.20. The molecule has 4 aromatic rings. The van der Waals surface area contributed by atoms with Gasteiger partial charge in [0.2, 0.25) is 17.6 Å². The molecule has 16 heteroatoms. The molecule has 0 spiro atoms. The topological polar surface area (TPSA) is 221 Å². The predicted octanol–water partition coefficient (Wildman–Crippen LogP) is 5.18. The number of carboxylic acid groups (broad SMARTS) is 1. The lowest BCUT2D eigenvalue weighted by Crippen LogP contribution is -2.48. The zero-order chi connectivity index (χ0) is 41.8. The molecule has 16 nitrogen and oxygen atoms in total. The maximum atomic E-state index is 13.9. The van der Waals surface area contributed by atoms with Crippen LogP contribution in [0.15, 0.2) is 66.7 Å². The monoisotopic (exact) mass is 805 g/mol. The third kappa shape index (κ3) is 10.2. The molecular weight excluding hydrogens is 755 g/mol. The zero-order valence-corrected chi connectivity index (χ0v) is 33.7. The fourth-order valence-electron chi connectivity index (χ4n) is 8.20. The van der Waals surface area contributed by atoms with Gasteiger partial charge in [0.15, 0.2) is 0 Å². The number of rotatable bonds is 12. The Labute approximate surface area is 342 Å². The summed E-state index contributed by atoms with van der Waals surface area (Å²) in [5.74, 6) is 0.0222. The predicted molar refractivity (Wildman–Crippen MR) is 218 cm³/mol. The lowest BCUT2D eigenvalue weighted by molar-refractivity contribution is -0.130. The molecule has 0 bridgehead atoms. The molecule has 1 saturated heterocycles. The summed E-state index contributed by atoms with van der Waals surface area (Å²) in [5, 5.41) is 35.2. The number of alkyl carbamates (subject to hydrolysis) is 1. The Balaban J connectivity index is 0.980. The third-order valence-electron chi connectivity index (χ3n) is 11.5. The molecule has 1 aromatic heterocycles. The second kappa shape index (κ2) is 17.3. The van der Waals surface area contributed by atoms with E-state index in [1.165, 1.54) is 4.90 Å². The van der Waals surface area contributed by atoms with Crippen LogP contribution in [0, 0.1) is 30.6 Å². The van der Waals surface area contributed by atoms with Crippen LogP contribution in [-0.4, -0.2) is 97.9 Å². The second-order valence-corrected chi connectivity index (χ2v) is 16.9. The van der Waals surface area contributed by atoms with Gasteiger partial charge in [-0.05, 0) is 123 Å². The van der Waals surface area contributed by atoms with Crippen molar-refractivity contribution in [1.29, 1.82) is 0 Å². The van der Waals surface area contributed by atoms with Crippen molar-refractivity contribution >= 4 is 35.6 Å². The van der Waals surface area contributed by atoms with Crippen molar-refractivity contribution in [1.82, 2.24) is 41.5 Å². The van der Waals surface area contributed by atoms with E-state index in [1.54, 1.807) is 30.3 Å². The number of aryl methyl sites for hydroxylation is 1. The Kier molecular flexibility index (Phi) is 12.0. The molecule has 3 aliphatic rings. The Hall–Kier alpha value is -6.32. The molecule has 0 radical (unpaired) electrons. The molecule has 310 valence electrons. The van der Waals surface area contributed by atoms with Crippen molar-refractivity contribution in [3.63, 3.8) is 0 Å². The number of H-pyrrole nitrogens is 1. The van der Waals surface area contributed by atoms with Crippen molar-refractivity contribution in [3.8, 4) is 22.5 Å². The number of carbonyl (C=O) groups is 5. The van der Waals surface area contributed by atoms with Crippen LogP contribution < -0.4 is 21.3 Å². The van der Waals surface area contributed by atoms with Gasteiger partial charge in [0.05, 0.1) is 0 Å². The Morgan fingerprint density at radius 2 is 1.59 bits per heavy atom. The van der Waals surface area contributed by atoms with E-state index in [1.807, 2.05) is 64.1 Å². The lowest BCUT2D eigenvalue weighted by atomic mass is 9.81. The quantitative estimate of drug-likeness (QED) is 0.110. The number of nitrogens with one attached hydrogen (secondary N) is 5. The maximum Gasteiger partial charge on any atom is 0.407 e. The van der Waals surface area contributed by atoms with E-state index in [4.69, 9.17) is 4.74 Å². The molecule has 3 aromatic carbocycles. The first kappa shape index (κ1) is 40.9. The molecule has 1 aliphatic heterocycles. The number of hydrogen-bond donors (Lipinski definition) is 6. The van der Waals surface area contributed by atoms with Crippen LogP contribution >= 0.6 is 0 Å². The standard InChI is InChI=1S/C43H51N9O7/c1-24-19-30(39(54)47-36-33-22-52(42(57)58)23-34(33)36)15-18-32(24)27-9-5-25(6-10-27)20-35(40(55)45-31-16-13-28(14-17-31)37-48-50-51-49-37)46-38(53)29-11-7-26(8-12-29)21-44-41(56)59-43(2,3)4/h5-6,9-10,13-19,26,29,33-36H,7-8,11-12,20-23H2,1-4H3,(H,44,56)(H,45,55)(H,46,53)(H,47,54)(H,57,58)(H,48,49,50,51)/t26?,29?,33?,34?,35-,36?/m0/s1. The highest BCUT2D eigenvalue weighted by atomic mass is 16.6. The van der Waals surface area contributed by atoms with E-state index in [2.05, 4.69) is 41.9 Å². The van der Waals surface area contributed by atoms with Gasteiger partial charge in [0.1, 0.15) is 11.6 Å². The number of hydrogen-bond acceptors (Lipinski definition) is 9. The summed E-state index contributed by atoms with van der Waals surface area (Å²) in [6.45, 7) is 8.79. The van der Waals surface area contributed by atoms with Gasteiger partial charge >= 0.3 is 12.2 Å². The van der Waals surface area contributed by atoms with Crippen molar-refractivity contribution in [2.45, 2.75) is 77.5 Å². The summed E-state index contributed by atoms with van der Waals surface area (Å²) >= 11 is 0. The van der Waals surface area contributed by atoms with Crippen LogP contribution in [0.3, 0.4) is 0 Å². The van der Waals surface area contributed by atoms with E-state index in [0.29, 0.717) is 49.6 Å². The van der Waals surface area contributed by atoms with Crippen LogP contribution in [0.2, 0.25) is 0 Å². The van der Waals surface area contributed by atoms with Crippen molar-refractivity contribution in [3.05, 3.63) is 83.4 Å². The molecule has 5 amide bonds. The number of piperidine rings is 1. The lowest BCUT2D eigenvalue weighted by Gasteiger charge is -2.29. The number of nitrogens with zero attached hydrogens (tertiary/aromatic N) is 4. The summed E-state index contributed by atoms with van der Waals surface area (Å²) in [7, 11) is 0. The largest absolute Gasteiger partial charge is 0.465 e. The second-order valence-electron chi connectivity index (χ2n) is 16.9. The Morgan fingerprint density at radius 3 is 2.20 bits per heavy atom. The van der Waals surface area contributed by atoms with E-state index in [9.17, 15) is 29.1 Å². The molecule has 3 atom stereocenters. The smallest absolute Gasteiger partial charge is 0.407 e. The average molecular weight is 806 g/mol. The molecule has 3 fully saturated rings. The Bertz CT molecular complexity index is 2150. The fraction of sp³-hybridized carbons (Fsp3) is 0.442. The molecule has 2 aliphatic carbocycles. The van der Waals surface area contributed by atoms with Gasteiger partial charge < -0.3 is 36.0 Å². The number of anilines is 1. The van der Waals surface area contributed by atoms with Gasteiger partial charge in [-0.15, -0.1) is 10.2 Å². The normalized spacial score (nSPS) is 21.4. The van der Waals surface area contributed by atoms with Crippen molar-refractivity contribution < 1.29 is 33.8 Å². The molecule has 2 saturated carbocycles. The van der Waals surface area contributed by atoms with Crippen LogP contribution in [0.4, 0.5) is 15.3 Å². The van der Waals surface area contributed by atoms with E-state index in [-0.39, 0.29) is 53.9 Å². The van der Waals surface area contributed by atoms with E-state index < -0.39 is 23.8 Å². The van der Waals surface area contributed by atoms with Gasteiger partial charge in [-0.3, -0.25) is 14.4 Å². The summed E-state index contributed by atoms with van der Waals surface area (Å²) in [6, 6.07) is 19.6. The van der Waals surface area contributed by atoms with E-state index in [0.717, 1.165) is 40.7 Å². The minimum absolute atomic E-state index is 0.000515. The zero-order valence-electron chi connectivity index (χ0n) is 33.7. The van der Waals surface area contributed by atoms with Gasteiger partial charge in [0, 0.05) is 66.7 Å². The Morgan fingerprint density at radius 1 is 0.915 bits per heavy atom. The van der Waals surface area contributed by atoms with Gasteiger partial charge in [-0.1, -0.05) is 30.3 Å². The van der Waals surface area contributed by atoms with Crippen molar-refractivity contribution in [2.24, 2.45) is 23.7 Å². The number of amides is 5. The maximum absolute atomic E-state index is 13.9. The summed E-state index contributed by atoms with van der Waals surface area (Å²) in [5.41, 5.74) is 4.90. The number of aromatic amines is 1.